The number of aromatic nitrogens is 3. The number of hydrogen-bond acceptors (Lipinski definition) is 3. The molecular weight excluding hydrogens is 212 g/mol. The van der Waals surface area contributed by atoms with Crippen LogP contribution in [0.3, 0.4) is 0 Å². The topological polar surface area (TPSA) is 34.0 Å². The fourth-order valence-electron chi connectivity index (χ4n) is 1.86. The third-order valence-electron chi connectivity index (χ3n) is 2.81. The van der Waals surface area contributed by atoms with E-state index in [2.05, 4.69) is 15.2 Å². The predicted molar refractivity (Wildman–Crippen MR) is 60.0 cm³/mol. The molecule has 1 fully saturated rings. The normalized spacial score (nSPS) is 19.6. The van der Waals surface area contributed by atoms with Crippen LogP contribution in [0, 0.1) is 0 Å². The SMILES string of the molecule is CC(Cl)c1cn(CCN2CCCC2)nn1. The fraction of sp³-hybridized carbons (Fsp3) is 0.800. The van der Waals surface area contributed by atoms with Crippen molar-refractivity contribution in [3.8, 4) is 0 Å². The number of halogens is 1. The van der Waals surface area contributed by atoms with Crippen LogP contribution in [0.5, 0.6) is 0 Å². The van der Waals surface area contributed by atoms with E-state index in [0.29, 0.717) is 0 Å². The number of hydrogen-bond donors (Lipinski definition) is 0. The van der Waals surface area contributed by atoms with Gasteiger partial charge in [0.05, 0.1) is 11.9 Å². The summed E-state index contributed by atoms with van der Waals surface area (Å²) in [5.74, 6) is 0. The summed E-state index contributed by atoms with van der Waals surface area (Å²) >= 11 is 5.92. The van der Waals surface area contributed by atoms with Crippen LogP contribution in [-0.4, -0.2) is 39.5 Å². The first-order valence-electron chi connectivity index (χ1n) is 5.52. The lowest BCUT2D eigenvalue weighted by Crippen LogP contribution is -2.24. The van der Waals surface area contributed by atoms with Crippen molar-refractivity contribution in [1.29, 1.82) is 0 Å². The lowest BCUT2D eigenvalue weighted by atomic mass is 10.4. The number of rotatable bonds is 4. The van der Waals surface area contributed by atoms with Crippen molar-refractivity contribution in [1.82, 2.24) is 19.9 Å². The first-order valence-corrected chi connectivity index (χ1v) is 5.96. The van der Waals surface area contributed by atoms with Crippen molar-refractivity contribution in [3.63, 3.8) is 0 Å². The van der Waals surface area contributed by atoms with Gasteiger partial charge in [-0.25, -0.2) is 0 Å². The van der Waals surface area contributed by atoms with Crippen molar-refractivity contribution in [3.05, 3.63) is 11.9 Å². The largest absolute Gasteiger partial charge is 0.301 e. The third kappa shape index (κ3) is 2.92. The first-order chi connectivity index (χ1) is 7.25. The van der Waals surface area contributed by atoms with Crippen LogP contribution in [0.2, 0.25) is 0 Å². The van der Waals surface area contributed by atoms with Gasteiger partial charge in [-0.15, -0.1) is 16.7 Å². The highest BCUT2D eigenvalue weighted by Crippen LogP contribution is 2.15. The summed E-state index contributed by atoms with van der Waals surface area (Å²) in [5, 5.41) is 8.03. The second-order valence-corrected chi connectivity index (χ2v) is 4.73. The van der Waals surface area contributed by atoms with Gasteiger partial charge in [-0.05, 0) is 32.9 Å². The zero-order chi connectivity index (χ0) is 10.7. The van der Waals surface area contributed by atoms with E-state index in [4.69, 9.17) is 11.6 Å². The van der Waals surface area contributed by atoms with Crippen LogP contribution in [0.4, 0.5) is 0 Å². The molecule has 0 N–H and O–H groups in total. The molecule has 0 bridgehead atoms. The molecule has 0 radical (unpaired) electrons. The van der Waals surface area contributed by atoms with Gasteiger partial charge in [0.1, 0.15) is 5.69 Å². The molecule has 1 unspecified atom stereocenters. The van der Waals surface area contributed by atoms with Gasteiger partial charge in [-0.1, -0.05) is 5.21 Å². The van der Waals surface area contributed by atoms with Crippen molar-refractivity contribution in [2.45, 2.75) is 31.7 Å². The van der Waals surface area contributed by atoms with Gasteiger partial charge in [-0.3, -0.25) is 4.68 Å². The molecule has 1 aliphatic heterocycles. The van der Waals surface area contributed by atoms with Gasteiger partial charge in [0.2, 0.25) is 0 Å². The second-order valence-electron chi connectivity index (χ2n) is 4.07. The molecule has 0 aromatic carbocycles. The highest BCUT2D eigenvalue weighted by atomic mass is 35.5. The average Bonchev–Trinajstić information content (AvgIpc) is 2.86. The highest BCUT2D eigenvalue weighted by Gasteiger charge is 2.12. The van der Waals surface area contributed by atoms with Gasteiger partial charge < -0.3 is 4.90 Å². The Labute approximate surface area is 95.2 Å². The van der Waals surface area contributed by atoms with E-state index in [1.807, 2.05) is 17.8 Å². The van der Waals surface area contributed by atoms with E-state index >= 15 is 0 Å². The Kier molecular flexibility index (Phi) is 3.59. The lowest BCUT2D eigenvalue weighted by Gasteiger charge is -2.13. The quantitative estimate of drug-likeness (QED) is 0.736. The Balaban J connectivity index is 1.82. The molecule has 1 atom stereocenters. The van der Waals surface area contributed by atoms with E-state index in [1.165, 1.54) is 25.9 Å². The van der Waals surface area contributed by atoms with E-state index in [9.17, 15) is 0 Å². The Hall–Kier alpha value is -0.610. The first kappa shape index (κ1) is 10.9. The summed E-state index contributed by atoms with van der Waals surface area (Å²) in [5.41, 5.74) is 0.859. The maximum atomic E-state index is 5.92. The summed E-state index contributed by atoms with van der Waals surface area (Å²) < 4.78 is 1.88. The molecule has 1 aromatic rings. The van der Waals surface area contributed by atoms with Crippen LogP contribution in [0.25, 0.3) is 0 Å². The number of likely N-dealkylation sites (tertiary alicyclic amines) is 1. The van der Waals surface area contributed by atoms with Crippen molar-refractivity contribution < 1.29 is 0 Å². The average molecular weight is 229 g/mol. The maximum absolute atomic E-state index is 5.92. The highest BCUT2D eigenvalue weighted by molar-refractivity contribution is 6.20. The van der Waals surface area contributed by atoms with Crippen LogP contribution >= 0.6 is 11.6 Å². The summed E-state index contributed by atoms with van der Waals surface area (Å²) in [6.45, 7) is 6.35. The standard InChI is InChI=1S/C10H17ClN4/c1-9(11)10-8-15(13-12-10)7-6-14-4-2-3-5-14/h8-9H,2-7H2,1H3. The van der Waals surface area contributed by atoms with Crippen LogP contribution < -0.4 is 0 Å². The van der Waals surface area contributed by atoms with Crippen molar-refractivity contribution in [2.24, 2.45) is 0 Å². The molecule has 0 spiro atoms. The molecule has 1 aliphatic rings. The van der Waals surface area contributed by atoms with E-state index in [1.54, 1.807) is 0 Å². The van der Waals surface area contributed by atoms with Gasteiger partial charge >= 0.3 is 0 Å². The molecule has 15 heavy (non-hydrogen) atoms. The zero-order valence-corrected chi connectivity index (χ0v) is 9.82. The Morgan fingerprint density at radius 2 is 2.13 bits per heavy atom. The second kappa shape index (κ2) is 4.94. The minimum Gasteiger partial charge on any atom is -0.301 e. The molecule has 84 valence electrons. The Morgan fingerprint density at radius 1 is 1.40 bits per heavy atom. The van der Waals surface area contributed by atoms with Gasteiger partial charge in [0.25, 0.3) is 0 Å². The Bertz CT molecular complexity index is 304. The van der Waals surface area contributed by atoms with Crippen molar-refractivity contribution in [2.75, 3.05) is 19.6 Å². The monoisotopic (exact) mass is 228 g/mol. The summed E-state index contributed by atoms with van der Waals surface area (Å²) in [7, 11) is 0. The summed E-state index contributed by atoms with van der Waals surface area (Å²) in [4.78, 5) is 2.46. The Morgan fingerprint density at radius 3 is 2.73 bits per heavy atom. The summed E-state index contributed by atoms with van der Waals surface area (Å²) in [6, 6.07) is 0. The van der Waals surface area contributed by atoms with Crippen LogP contribution in [0.1, 0.15) is 30.8 Å². The molecule has 1 saturated heterocycles. The minimum atomic E-state index is -0.0504. The number of nitrogens with zero attached hydrogens (tertiary/aromatic N) is 4. The molecule has 0 aliphatic carbocycles. The molecule has 4 nitrogen and oxygen atoms in total. The molecule has 2 rings (SSSR count). The number of alkyl halides is 1. The van der Waals surface area contributed by atoms with Crippen molar-refractivity contribution >= 4 is 11.6 Å². The van der Waals surface area contributed by atoms with Gasteiger partial charge in [0, 0.05) is 12.7 Å². The van der Waals surface area contributed by atoms with E-state index in [0.717, 1.165) is 18.8 Å². The molecule has 0 saturated carbocycles. The van der Waals surface area contributed by atoms with Crippen LogP contribution in [-0.2, 0) is 6.54 Å². The fourth-order valence-corrected chi connectivity index (χ4v) is 1.96. The van der Waals surface area contributed by atoms with E-state index < -0.39 is 0 Å². The van der Waals surface area contributed by atoms with Gasteiger partial charge in [0.15, 0.2) is 0 Å². The smallest absolute Gasteiger partial charge is 0.100 e. The van der Waals surface area contributed by atoms with E-state index in [-0.39, 0.29) is 5.38 Å². The molecule has 2 heterocycles. The van der Waals surface area contributed by atoms with Gasteiger partial charge in [-0.2, -0.15) is 0 Å². The molecule has 5 heteroatoms. The molecule has 0 amide bonds. The lowest BCUT2D eigenvalue weighted by molar-refractivity contribution is 0.314. The zero-order valence-electron chi connectivity index (χ0n) is 9.06. The molecular formula is C10H17ClN4. The maximum Gasteiger partial charge on any atom is 0.100 e. The summed E-state index contributed by atoms with van der Waals surface area (Å²) in [6.07, 6.45) is 4.61. The molecule has 1 aromatic heterocycles. The predicted octanol–water partition coefficient (Wildman–Crippen LogP) is 1.67. The third-order valence-corrected chi connectivity index (χ3v) is 3.03. The van der Waals surface area contributed by atoms with Crippen LogP contribution in [0.15, 0.2) is 6.20 Å². The minimum absolute atomic E-state index is 0.0504.